The lowest BCUT2D eigenvalue weighted by molar-refractivity contribution is 0.0539. The number of nitrogens with zero attached hydrogens (tertiary/aromatic N) is 1. The number of hydrogen-bond donors (Lipinski definition) is 2. The molecular formula is C30H26ClF2N3O2. The third kappa shape index (κ3) is 3.70. The van der Waals surface area contributed by atoms with E-state index in [0.29, 0.717) is 35.3 Å². The molecule has 0 spiro atoms. The van der Waals surface area contributed by atoms with Gasteiger partial charge in [0.05, 0.1) is 23.0 Å². The van der Waals surface area contributed by atoms with Crippen LogP contribution in [-0.4, -0.2) is 31.6 Å². The van der Waals surface area contributed by atoms with Crippen LogP contribution in [0.25, 0.3) is 16.0 Å². The SMILES string of the molecule is [C-]#[N+]C1Cc2cc(C(=O)NC)c(-c3c(Cl)c(F)cc4c3C[C@](c3ccccc3)([C@@H]3CCCN3)O4)c(F)c2C1. The van der Waals surface area contributed by atoms with Gasteiger partial charge in [0.1, 0.15) is 17.4 Å². The van der Waals surface area contributed by atoms with Gasteiger partial charge in [0.2, 0.25) is 6.04 Å². The highest BCUT2D eigenvalue weighted by molar-refractivity contribution is 6.34. The molecule has 3 atom stereocenters. The Hall–Kier alpha value is -3.47. The summed E-state index contributed by atoms with van der Waals surface area (Å²) >= 11 is 6.62. The summed E-state index contributed by atoms with van der Waals surface area (Å²) in [5, 5.41) is 5.87. The van der Waals surface area contributed by atoms with Gasteiger partial charge in [-0.25, -0.2) is 15.4 Å². The number of hydrogen-bond acceptors (Lipinski definition) is 3. The number of halogens is 3. The molecule has 1 aliphatic carbocycles. The molecule has 194 valence electrons. The minimum absolute atomic E-state index is 0.0404. The van der Waals surface area contributed by atoms with Crippen molar-refractivity contribution in [3.8, 4) is 16.9 Å². The van der Waals surface area contributed by atoms with Crippen molar-refractivity contribution in [1.29, 1.82) is 0 Å². The van der Waals surface area contributed by atoms with Gasteiger partial charge in [0.25, 0.3) is 5.91 Å². The predicted molar refractivity (Wildman–Crippen MR) is 141 cm³/mol. The molecule has 38 heavy (non-hydrogen) atoms. The van der Waals surface area contributed by atoms with E-state index >= 15 is 8.78 Å². The van der Waals surface area contributed by atoms with Crippen LogP contribution in [0.2, 0.25) is 5.02 Å². The summed E-state index contributed by atoms with van der Waals surface area (Å²) in [5.74, 6) is -1.59. The number of carbonyl (C=O) groups excluding carboxylic acids is 1. The quantitative estimate of drug-likeness (QED) is 0.428. The highest BCUT2D eigenvalue weighted by Crippen LogP contribution is 2.52. The van der Waals surface area contributed by atoms with Crippen molar-refractivity contribution in [2.24, 2.45) is 0 Å². The first-order valence-electron chi connectivity index (χ1n) is 12.8. The Kier molecular flexibility index (Phi) is 6.13. The van der Waals surface area contributed by atoms with E-state index in [2.05, 4.69) is 15.5 Å². The van der Waals surface area contributed by atoms with Crippen molar-refractivity contribution < 1.29 is 18.3 Å². The molecule has 0 radical (unpaired) electrons. The summed E-state index contributed by atoms with van der Waals surface area (Å²) in [6, 6.07) is 12.2. The third-order valence-electron chi connectivity index (χ3n) is 8.16. The van der Waals surface area contributed by atoms with Crippen LogP contribution in [0.3, 0.4) is 0 Å². The Morgan fingerprint density at radius 3 is 2.66 bits per heavy atom. The zero-order valence-corrected chi connectivity index (χ0v) is 21.6. The molecule has 1 amide bonds. The van der Waals surface area contributed by atoms with Gasteiger partial charge in [-0.1, -0.05) is 41.9 Å². The van der Waals surface area contributed by atoms with Crippen molar-refractivity contribution in [3.63, 3.8) is 0 Å². The second kappa shape index (κ2) is 9.37. The molecule has 1 saturated heterocycles. The van der Waals surface area contributed by atoms with Gasteiger partial charge in [-0.2, -0.15) is 0 Å². The van der Waals surface area contributed by atoms with Crippen LogP contribution in [0, 0.1) is 18.2 Å². The summed E-state index contributed by atoms with van der Waals surface area (Å²) in [6.45, 7) is 8.27. The van der Waals surface area contributed by atoms with Gasteiger partial charge in [-0.3, -0.25) is 4.79 Å². The average molecular weight is 534 g/mol. The number of ether oxygens (including phenoxy) is 1. The van der Waals surface area contributed by atoms with Gasteiger partial charge < -0.3 is 20.2 Å². The smallest absolute Gasteiger partial charge is 0.251 e. The second-order valence-corrected chi connectivity index (χ2v) is 10.6. The molecule has 8 heteroatoms. The maximum atomic E-state index is 16.4. The summed E-state index contributed by atoms with van der Waals surface area (Å²) in [5.41, 5.74) is 1.83. The van der Waals surface area contributed by atoms with Crippen LogP contribution in [0.4, 0.5) is 8.78 Å². The molecule has 0 bridgehead atoms. The lowest BCUT2D eigenvalue weighted by Crippen LogP contribution is -2.48. The van der Waals surface area contributed by atoms with Crippen LogP contribution in [0.5, 0.6) is 5.75 Å². The summed E-state index contributed by atoms with van der Waals surface area (Å²) in [4.78, 5) is 16.6. The monoisotopic (exact) mass is 533 g/mol. The molecule has 0 aromatic heterocycles. The molecule has 0 saturated carbocycles. The molecule has 6 rings (SSSR count). The number of rotatable bonds is 4. The van der Waals surface area contributed by atoms with E-state index in [1.54, 1.807) is 6.07 Å². The Bertz CT molecular complexity index is 1500. The Morgan fingerprint density at radius 2 is 1.97 bits per heavy atom. The molecule has 5 nitrogen and oxygen atoms in total. The molecule has 1 fully saturated rings. The number of carbonyl (C=O) groups is 1. The topological polar surface area (TPSA) is 54.7 Å². The van der Waals surface area contributed by atoms with Crippen molar-refractivity contribution in [2.45, 2.75) is 49.8 Å². The van der Waals surface area contributed by atoms with E-state index in [1.807, 2.05) is 30.3 Å². The number of nitrogens with one attached hydrogen (secondary N) is 2. The van der Waals surface area contributed by atoms with Gasteiger partial charge >= 0.3 is 0 Å². The van der Waals surface area contributed by atoms with E-state index in [4.69, 9.17) is 22.9 Å². The van der Waals surface area contributed by atoms with Crippen molar-refractivity contribution in [2.75, 3.05) is 13.6 Å². The molecule has 2 heterocycles. The number of benzene rings is 3. The highest BCUT2D eigenvalue weighted by Gasteiger charge is 2.50. The average Bonchev–Trinajstić information content (AvgIpc) is 3.69. The van der Waals surface area contributed by atoms with Crippen LogP contribution < -0.4 is 15.4 Å². The van der Waals surface area contributed by atoms with Gasteiger partial charge in [-0.15, -0.1) is 0 Å². The fraction of sp³-hybridized carbons (Fsp3) is 0.333. The molecule has 1 unspecified atom stereocenters. The zero-order chi connectivity index (χ0) is 26.6. The second-order valence-electron chi connectivity index (χ2n) is 10.2. The maximum absolute atomic E-state index is 16.4. The van der Waals surface area contributed by atoms with Gasteiger partial charge in [0.15, 0.2) is 5.60 Å². The van der Waals surface area contributed by atoms with Crippen molar-refractivity contribution >= 4 is 17.5 Å². The normalized spacial score (nSPS) is 23.4. The predicted octanol–water partition coefficient (Wildman–Crippen LogP) is 5.61. The highest BCUT2D eigenvalue weighted by atomic mass is 35.5. The molecule has 3 aromatic carbocycles. The number of amides is 1. The van der Waals surface area contributed by atoms with Crippen molar-refractivity contribution in [3.05, 3.63) is 98.4 Å². The van der Waals surface area contributed by atoms with Crippen LogP contribution in [0.15, 0.2) is 42.5 Å². The molecule has 2 aliphatic heterocycles. The summed E-state index contributed by atoms with van der Waals surface area (Å²) in [6.07, 6.45) is 2.76. The summed E-state index contributed by atoms with van der Waals surface area (Å²) in [7, 11) is 1.46. The first-order chi connectivity index (χ1) is 18.4. The van der Waals surface area contributed by atoms with E-state index in [9.17, 15) is 4.79 Å². The molecule has 3 aliphatic rings. The standard InChI is InChI=1S/C30H26ClF2N3O2/c1-34-18-11-16-12-20(29(37)35-2)26(28(33)19(16)13-18)25-21-15-30(24-9-6-10-36-24,17-7-4-3-5-8-17)38-23(21)14-22(32)27(25)31/h3-5,7-8,12,14,18,24,36H,6,9-11,13,15H2,2H3,(H,35,37)/t18?,24-,30-/m0/s1. The molecular weight excluding hydrogens is 508 g/mol. The maximum Gasteiger partial charge on any atom is 0.251 e. The van der Waals surface area contributed by atoms with Crippen LogP contribution >= 0.6 is 11.6 Å². The molecule has 3 aromatic rings. The molecule has 2 N–H and O–H groups in total. The Balaban J connectivity index is 1.60. The fourth-order valence-corrected chi connectivity index (χ4v) is 6.64. The van der Waals surface area contributed by atoms with E-state index in [0.717, 1.165) is 24.9 Å². The van der Waals surface area contributed by atoms with Crippen molar-refractivity contribution in [1.82, 2.24) is 10.6 Å². The minimum Gasteiger partial charge on any atom is -0.480 e. The van der Waals surface area contributed by atoms with Gasteiger partial charge in [-0.05, 0) is 42.1 Å². The minimum atomic E-state index is -0.846. The largest absolute Gasteiger partial charge is 0.480 e. The Labute approximate surface area is 225 Å². The van der Waals surface area contributed by atoms with E-state index in [-0.39, 0.29) is 34.2 Å². The lowest BCUT2D eigenvalue weighted by Gasteiger charge is -2.35. The van der Waals surface area contributed by atoms with Gasteiger partial charge in [0, 0.05) is 42.6 Å². The van der Waals surface area contributed by atoms with E-state index < -0.39 is 29.2 Å². The first kappa shape index (κ1) is 24.8. The van der Waals surface area contributed by atoms with Crippen LogP contribution in [-0.2, 0) is 24.9 Å². The first-order valence-corrected chi connectivity index (χ1v) is 13.2. The lowest BCUT2D eigenvalue weighted by atomic mass is 9.80. The van der Waals surface area contributed by atoms with E-state index in [1.165, 1.54) is 13.1 Å². The number of fused-ring (bicyclic) bond motifs is 2. The van der Waals surface area contributed by atoms with Crippen LogP contribution in [0.1, 0.15) is 45.5 Å². The zero-order valence-electron chi connectivity index (χ0n) is 20.8. The third-order valence-corrected chi connectivity index (χ3v) is 8.53. The fourth-order valence-electron chi connectivity index (χ4n) is 6.38. The Morgan fingerprint density at radius 1 is 1.18 bits per heavy atom. The summed E-state index contributed by atoms with van der Waals surface area (Å²) < 4.78 is 38.4.